The molecule has 0 aliphatic carbocycles. The molecule has 0 fully saturated rings. The molecule has 4 aromatic carbocycles. The predicted octanol–water partition coefficient (Wildman–Crippen LogP) is 7.02. The van der Waals surface area contributed by atoms with Crippen LogP contribution in [0.5, 0.6) is 0 Å². The minimum Gasteiger partial charge on any atom is -0.378 e. The maximum absolute atomic E-state index is 13.8. The van der Waals surface area contributed by atoms with Crippen molar-refractivity contribution in [1.82, 2.24) is 0 Å². The Morgan fingerprint density at radius 3 is 2.26 bits per heavy atom. The molecular formula is C32H28ClF3N4O6S. The smallest absolute Gasteiger partial charge is 0.378 e. The standard InChI is InChI=1S/C32H28ClF3N4O6S/c1-18-11-13-21(14-12-18)47(43,44)46-31(17-45-3)39-27-16-20(37-29(41)22-7-4-5-8-24(22)32(34,35)36)15-23(28(27)40-31)30(42)38-26-10-6-9-25(33)19(26)2/h4-16,39-40H,17H2,1-3H3,(H,37,41)(H,38,42). The maximum Gasteiger partial charge on any atom is 0.417 e. The van der Waals surface area contributed by atoms with Crippen molar-refractivity contribution < 1.29 is 40.1 Å². The molecule has 4 aromatic rings. The van der Waals surface area contributed by atoms with E-state index in [0.29, 0.717) is 16.3 Å². The summed E-state index contributed by atoms with van der Waals surface area (Å²) in [5, 5.41) is 11.3. The van der Waals surface area contributed by atoms with Gasteiger partial charge < -0.3 is 26.0 Å². The molecule has 246 valence electrons. The van der Waals surface area contributed by atoms with Crippen molar-refractivity contribution in [3.63, 3.8) is 0 Å². The maximum atomic E-state index is 13.8. The quantitative estimate of drug-likeness (QED) is 0.138. The van der Waals surface area contributed by atoms with E-state index in [2.05, 4.69) is 21.3 Å². The molecule has 15 heteroatoms. The van der Waals surface area contributed by atoms with Crippen LogP contribution in [0.15, 0.2) is 83.8 Å². The molecule has 1 unspecified atom stereocenters. The van der Waals surface area contributed by atoms with Gasteiger partial charge in [-0.2, -0.15) is 21.6 Å². The van der Waals surface area contributed by atoms with Crippen molar-refractivity contribution in [3.05, 3.63) is 112 Å². The van der Waals surface area contributed by atoms with Crippen LogP contribution in [-0.4, -0.2) is 39.8 Å². The van der Waals surface area contributed by atoms with Crippen LogP contribution in [0.3, 0.4) is 0 Å². The molecule has 0 radical (unpaired) electrons. The summed E-state index contributed by atoms with van der Waals surface area (Å²) in [7, 11) is -3.13. The van der Waals surface area contributed by atoms with Crippen molar-refractivity contribution in [1.29, 1.82) is 0 Å². The second-order valence-electron chi connectivity index (χ2n) is 10.7. The van der Waals surface area contributed by atoms with E-state index in [-0.39, 0.29) is 27.5 Å². The van der Waals surface area contributed by atoms with Gasteiger partial charge in [0.25, 0.3) is 17.7 Å². The highest BCUT2D eigenvalue weighted by atomic mass is 35.5. The van der Waals surface area contributed by atoms with Gasteiger partial charge in [0.1, 0.15) is 6.61 Å². The van der Waals surface area contributed by atoms with Gasteiger partial charge in [0.15, 0.2) is 0 Å². The fraction of sp³-hybridized carbons (Fsp3) is 0.188. The summed E-state index contributed by atoms with van der Waals surface area (Å²) in [5.74, 6) is -3.79. The lowest BCUT2D eigenvalue weighted by Gasteiger charge is -2.29. The van der Waals surface area contributed by atoms with Crippen LogP contribution >= 0.6 is 11.6 Å². The minimum atomic E-state index is -4.81. The van der Waals surface area contributed by atoms with Crippen LogP contribution < -0.4 is 21.3 Å². The summed E-state index contributed by atoms with van der Waals surface area (Å²) in [6, 6.07) is 17.6. The second kappa shape index (κ2) is 12.9. The van der Waals surface area contributed by atoms with Crippen LogP contribution in [0, 0.1) is 13.8 Å². The fourth-order valence-corrected chi connectivity index (χ4v) is 6.16. The Bertz CT molecular complexity index is 1970. The summed E-state index contributed by atoms with van der Waals surface area (Å²) < 4.78 is 78.6. The van der Waals surface area contributed by atoms with Gasteiger partial charge in [-0.05, 0) is 67.9 Å². The van der Waals surface area contributed by atoms with E-state index < -0.39 is 51.7 Å². The highest BCUT2D eigenvalue weighted by molar-refractivity contribution is 7.86. The van der Waals surface area contributed by atoms with E-state index in [1.165, 1.54) is 37.4 Å². The minimum absolute atomic E-state index is 0.0621. The average molecular weight is 689 g/mol. The van der Waals surface area contributed by atoms with E-state index in [9.17, 15) is 31.2 Å². The summed E-state index contributed by atoms with van der Waals surface area (Å²) >= 11 is 6.23. The number of hydrogen-bond acceptors (Lipinski definition) is 8. The van der Waals surface area contributed by atoms with Gasteiger partial charge in [0.2, 0.25) is 0 Å². The molecule has 1 heterocycles. The molecule has 0 aromatic heterocycles. The second-order valence-corrected chi connectivity index (χ2v) is 12.6. The Morgan fingerprint density at radius 1 is 0.894 bits per heavy atom. The third kappa shape index (κ3) is 7.20. The molecule has 0 spiro atoms. The van der Waals surface area contributed by atoms with Crippen molar-refractivity contribution in [3.8, 4) is 0 Å². The number of alkyl halides is 3. The van der Waals surface area contributed by atoms with E-state index in [1.54, 1.807) is 44.2 Å². The zero-order valence-electron chi connectivity index (χ0n) is 25.1. The predicted molar refractivity (Wildman–Crippen MR) is 171 cm³/mol. The number of carbonyl (C=O) groups is 2. The highest BCUT2D eigenvalue weighted by Gasteiger charge is 2.44. The number of anilines is 4. The lowest BCUT2D eigenvalue weighted by atomic mass is 10.1. The fourth-order valence-electron chi connectivity index (χ4n) is 4.92. The molecule has 47 heavy (non-hydrogen) atoms. The molecule has 0 saturated heterocycles. The molecule has 10 nitrogen and oxygen atoms in total. The molecule has 5 rings (SSSR count). The summed E-state index contributed by atoms with van der Waals surface area (Å²) in [4.78, 5) is 26.8. The van der Waals surface area contributed by atoms with Gasteiger partial charge in [-0.1, -0.05) is 47.5 Å². The number of ether oxygens (including phenoxy) is 1. The number of carbonyl (C=O) groups excluding carboxylic acids is 2. The van der Waals surface area contributed by atoms with Crippen LogP contribution in [0.1, 0.15) is 37.4 Å². The third-order valence-corrected chi connectivity index (χ3v) is 8.97. The van der Waals surface area contributed by atoms with Gasteiger partial charge >= 0.3 is 16.3 Å². The zero-order valence-corrected chi connectivity index (χ0v) is 26.7. The Morgan fingerprint density at radius 2 is 1.57 bits per heavy atom. The molecule has 1 aliphatic rings. The number of fused-ring (bicyclic) bond motifs is 1. The van der Waals surface area contributed by atoms with Crippen LogP contribution in [0.25, 0.3) is 0 Å². The van der Waals surface area contributed by atoms with Crippen molar-refractivity contribution >= 4 is 56.3 Å². The number of hydrogen-bond donors (Lipinski definition) is 4. The third-order valence-electron chi connectivity index (χ3n) is 7.21. The monoisotopic (exact) mass is 688 g/mol. The summed E-state index contributed by atoms with van der Waals surface area (Å²) in [6.45, 7) is 3.07. The molecule has 0 saturated carbocycles. The lowest BCUT2D eigenvalue weighted by Crippen LogP contribution is -2.50. The first-order chi connectivity index (χ1) is 22.1. The molecule has 0 bridgehead atoms. The number of aryl methyl sites for hydroxylation is 1. The highest BCUT2D eigenvalue weighted by Crippen LogP contribution is 2.42. The largest absolute Gasteiger partial charge is 0.417 e. The SMILES string of the molecule is COCC1(OS(=O)(=O)c2ccc(C)cc2)Nc2cc(NC(=O)c3ccccc3C(F)(F)F)cc(C(=O)Nc3cccc(Cl)c3C)c2N1. The topological polar surface area (TPSA) is 135 Å². The molecule has 2 amide bonds. The van der Waals surface area contributed by atoms with E-state index in [1.807, 2.05) is 0 Å². The molecule has 4 N–H and O–H groups in total. The number of methoxy groups -OCH3 is 1. The van der Waals surface area contributed by atoms with E-state index >= 15 is 0 Å². The average Bonchev–Trinajstić information content (AvgIpc) is 3.35. The van der Waals surface area contributed by atoms with Crippen molar-refractivity contribution in [2.24, 2.45) is 0 Å². The molecule has 1 aliphatic heterocycles. The van der Waals surface area contributed by atoms with Gasteiger partial charge in [0, 0.05) is 23.5 Å². The van der Waals surface area contributed by atoms with Gasteiger partial charge in [-0.3, -0.25) is 9.59 Å². The Balaban J connectivity index is 1.56. The molecule has 1 atom stereocenters. The van der Waals surface area contributed by atoms with E-state index in [0.717, 1.165) is 23.8 Å². The normalized spacial score (nSPS) is 15.7. The zero-order chi connectivity index (χ0) is 34.1. The first-order valence-corrected chi connectivity index (χ1v) is 15.7. The first kappa shape index (κ1) is 33.7. The number of rotatable bonds is 9. The van der Waals surface area contributed by atoms with Crippen LogP contribution in [-0.2, 0) is 25.2 Å². The lowest BCUT2D eigenvalue weighted by molar-refractivity contribution is -0.137. The number of benzene rings is 4. The first-order valence-electron chi connectivity index (χ1n) is 13.9. The summed E-state index contributed by atoms with van der Waals surface area (Å²) in [5.41, 5.74) is -0.126. The van der Waals surface area contributed by atoms with Crippen LogP contribution in [0.4, 0.5) is 35.9 Å². The Kier molecular flexibility index (Phi) is 9.24. The Labute approximate surface area is 273 Å². The van der Waals surface area contributed by atoms with Crippen molar-refractivity contribution in [2.75, 3.05) is 35.0 Å². The van der Waals surface area contributed by atoms with Gasteiger partial charge in [0.05, 0.1) is 33.0 Å². The van der Waals surface area contributed by atoms with E-state index in [4.69, 9.17) is 20.5 Å². The van der Waals surface area contributed by atoms with Gasteiger partial charge in [-0.15, -0.1) is 0 Å². The summed E-state index contributed by atoms with van der Waals surface area (Å²) in [6.07, 6.45) is -4.81. The van der Waals surface area contributed by atoms with Gasteiger partial charge in [-0.25, -0.2) is 4.18 Å². The Hall–Kier alpha value is -4.63. The number of nitrogens with one attached hydrogen (secondary N) is 4. The number of amides is 2. The van der Waals surface area contributed by atoms with Crippen molar-refractivity contribution in [2.45, 2.75) is 30.8 Å². The van der Waals surface area contributed by atoms with Crippen LogP contribution in [0.2, 0.25) is 5.02 Å². The number of halogens is 4. The molecular weight excluding hydrogens is 661 g/mol.